The number of nitrogens with zero attached hydrogens (tertiary/aromatic N) is 4. The Balaban J connectivity index is 1.18. The van der Waals surface area contributed by atoms with Crippen LogP contribution in [0.5, 0.6) is 11.5 Å². The molecular weight excluding hydrogens is 460 g/mol. The van der Waals surface area contributed by atoms with Gasteiger partial charge in [0, 0.05) is 44.5 Å². The highest BCUT2D eigenvalue weighted by Gasteiger charge is 2.20. The Hall–Kier alpha value is -3.30. The number of fused-ring (bicyclic) bond motifs is 1. The first kappa shape index (κ1) is 21.5. The summed E-state index contributed by atoms with van der Waals surface area (Å²) < 4.78 is 10.8. The van der Waals surface area contributed by atoms with Crippen molar-refractivity contribution < 1.29 is 9.47 Å². The third-order valence-corrected chi connectivity index (χ3v) is 5.96. The number of thiocarbonyl (C=S) groups is 1. The number of nitrogens with one attached hydrogen (secondary N) is 2. The van der Waals surface area contributed by atoms with E-state index in [1.54, 1.807) is 6.07 Å². The molecule has 1 fully saturated rings. The predicted octanol–water partition coefficient (Wildman–Crippen LogP) is 3.67. The normalized spacial score (nSPS) is 14.8. The van der Waals surface area contributed by atoms with Crippen molar-refractivity contribution in [3.63, 3.8) is 0 Å². The van der Waals surface area contributed by atoms with Crippen molar-refractivity contribution in [3.8, 4) is 11.5 Å². The molecule has 10 heteroatoms. The molecule has 0 aliphatic carbocycles. The van der Waals surface area contributed by atoms with Crippen LogP contribution in [-0.4, -0.2) is 48.1 Å². The minimum atomic E-state index is 0.252. The van der Waals surface area contributed by atoms with Crippen LogP contribution in [0.15, 0.2) is 54.6 Å². The molecule has 33 heavy (non-hydrogen) atoms. The number of ether oxygens (including phenoxy) is 2. The van der Waals surface area contributed by atoms with Crippen molar-refractivity contribution >= 4 is 46.4 Å². The molecule has 1 aromatic heterocycles. The van der Waals surface area contributed by atoms with Gasteiger partial charge in [-0.15, -0.1) is 0 Å². The molecule has 0 atom stereocenters. The maximum atomic E-state index is 6.29. The fourth-order valence-corrected chi connectivity index (χ4v) is 4.18. The van der Waals surface area contributed by atoms with Crippen LogP contribution in [0, 0.1) is 0 Å². The van der Waals surface area contributed by atoms with Crippen LogP contribution in [0.2, 0.25) is 5.15 Å². The SMILES string of the molecule is S=C(NCc1ccc2c(c1)OCO2)Nc1nc(Cl)cc(N2CCN(c3ccccc3)CC2)n1. The summed E-state index contributed by atoms with van der Waals surface area (Å²) in [6.45, 7) is 4.27. The average Bonchev–Trinajstić information content (AvgIpc) is 3.31. The van der Waals surface area contributed by atoms with E-state index in [0.717, 1.165) is 49.1 Å². The number of hydrogen-bond acceptors (Lipinski definition) is 7. The lowest BCUT2D eigenvalue weighted by molar-refractivity contribution is 0.174. The van der Waals surface area contributed by atoms with Crippen molar-refractivity contribution in [1.82, 2.24) is 15.3 Å². The Kier molecular flexibility index (Phi) is 6.32. The Labute approximate surface area is 202 Å². The van der Waals surface area contributed by atoms with E-state index in [4.69, 9.17) is 33.3 Å². The zero-order chi connectivity index (χ0) is 22.6. The fraction of sp³-hybridized carbons (Fsp3) is 0.261. The highest BCUT2D eigenvalue weighted by molar-refractivity contribution is 7.80. The first-order chi connectivity index (χ1) is 16.1. The molecule has 2 aliphatic heterocycles. The van der Waals surface area contributed by atoms with Gasteiger partial charge in [-0.05, 0) is 42.0 Å². The van der Waals surface area contributed by atoms with Gasteiger partial charge in [0.15, 0.2) is 16.6 Å². The molecule has 2 aromatic carbocycles. The third-order valence-electron chi connectivity index (χ3n) is 5.52. The molecule has 0 spiro atoms. The largest absolute Gasteiger partial charge is 0.454 e. The molecule has 2 N–H and O–H groups in total. The van der Waals surface area contributed by atoms with Gasteiger partial charge in [-0.2, -0.15) is 4.98 Å². The highest BCUT2D eigenvalue weighted by Crippen LogP contribution is 2.32. The summed E-state index contributed by atoms with van der Waals surface area (Å²) >= 11 is 11.7. The maximum Gasteiger partial charge on any atom is 0.232 e. The molecular formula is C23H23ClN6O2S. The van der Waals surface area contributed by atoms with Gasteiger partial charge in [0.05, 0.1) is 0 Å². The second kappa shape index (κ2) is 9.68. The van der Waals surface area contributed by atoms with Crippen LogP contribution in [0.4, 0.5) is 17.5 Å². The third kappa shape index (κ3) is 5.20. The number of anilines is 3. The van der Waals surface area contributed by atoms with Crippen LogP contribution < -0.4 is 29.9 Å². The van der Waals surface area contributed by atoms with E-state index in [9.17, 15) is 0 Å². The van der Waals surface area contributed by atoms with Crippen molar-refractivity contribution in [2.45, 2.75) is 6.54 Å². The van der Waals surface area contributed by atoms with E-state index in [1.807, 2.05) is 24.3 Å². The van der Waals surface area contributed by atoms with Crippen LogP contribution in [0.1, 0.15) is 5.56 Å². The fourth-order valence-electron chi connectivity index (χ4n) is 3.84. The van der Waals surface area contributed by atoms with Crippen molar-refractivity contribution in [2.24, 2.45) is 0 Å². The zero-order valence-corrected chi connectivity index (χ0v) is 19.4. The van der Waals surface area contributed by atoms with Gasteiger partial charge in [0.2, 0.25) is 12.7 Å². The number of benzene rings is 2. The molecule has 2 aliphatic rings. The minimum Gasteiger partial charge on any atom is -0.454 e. The first-order valence-corrected chi connectivity index (χ1v) is 11.5. The Morgan fingerprint density at radius 2 is 1.70 bits per heavy atom. The molecule has 5 rings (SSSR count). The second-order valence-corrected chi connectivity index (χ2v) is 8.47. The van der Waals surface area contributed by atoms with Gasteiger partial charge >= 0.3 is 0 Å². The van der Waals surface area contributed by atoms with Crippen LogP contribution in [0.3, 0.4) is 0 Å². The molecule has 3 heterocycles. The second-order valence-electron chi connectivity index (χ2n) is 7.68. The summed E-state index contributed by atoms with van der Waals surface area (Å²) in [6, 6.07) is 18.0. The van der Waals surface area contributed by atoms with Crippen LogP contribution in [-0.2, 0) is 6.54 Å². The average molecular weight is 483 g/mol. The summed E-state index contributed by atoms with van der Waals surface area (Å²) in [5.41, 5.74) is 2.26. The molecule has 8 nitrogen and oxygen atoms in total. The van der Waals surface area contributed by atoms with Crippen LogP contribution >= 0.6 is 23.8 Å². The van der Waals surface area contributed by atoms with Gasteiger partial charge in [-0.1, -0.05) is 35.9 Å². The molecule has 0 amide bonds. The minimum absolute atomic E-state index is 0.252. The molecule has 0 saturated carbocycles. The maximum absolute atomic E-state index is 6.29. The highest BCUT2D eigenvalue weighted by atomic mass is 35.5. The van der Waals surface area contributed by atoms with Crippen LogP contribution in [0.25, 0.3) is 0 Å². The number of para-hydroxylation sites is 1. The summed E-state index contributed by atoms with van der Waals surface area (Å²) in [6.07, 6.45) is 0. The summed E-state index contributed by atoms with van der Waals surface area (Å²) in [5, 5.41) is 6.98. The van der Waals surface area contributed by atoms with Gasteiger partial charge < -0.3 is 29.9 Å². The standard InChI is InChI=1S/C23H23ClN6O2S/c24-20-13-21(30-10-8-29(9-11-30)17-4-2-1-3-5-17)27-22(26-20)28-23(33)25-14-16-6-7-18-19(12-16)32-15-31-18/h1-7,12-13H,8-11,14-15H2,(H2,25,26,27,28,33). The summed E-state index contributed by atoms with van der Waals surface area (Å²) in [5.74, 6) is 2.64. The Morgan fingerprint density at radius 3 is 2.52 bits per heavy atom. The topological polar surface area (TPSA) is 74.8 Å². The van der Waals surface area contributed by atoms with Gasteiger partial charge in [0.1, 0.15) is 11.0 Å². The smallest absolute Gasteiger partial charge is 0.232 e. The lowest BCUT2D eigenvalue weighted by atomic mass is 10.2. The molecule has 0 unspecified atom stereocenters. The van der Waals surface area contributed by atoms with Crippen molar-refractivity contribution in [2.75, 3.05) is 48.1 Å². The molecule has 170 valence electrons. The van der Waals surface area contributed by atoms with E-state index >= 15 is 0 Å². The number of piperazine rings is 1. The van der Waals surface area contributed by atoms with Gasteiger partial charge in [0.25, 0.3) is 0 Å². The van der Waals surface area contributed by atoms with Gasteiger partial charge in [-0.25, -0.2) is 4.98 Å². The summed E-state index contributed by atoms with van der Waals surface area (Å²) in [7, 11) is 0. The predicted molar refractivity (Wildman–Crippen MR) is 134 cm³/mol. The number of halogens is 1. The molecule has 0 bridgehead atoms. The quantitative estimate of drug-likeness (QED) is 0.418. The molecule has 1 saturated heterocycles. The van der Waals surface area contributed by atoms with Gasteiger partial charge in [-0.3, -0.25) is 0 Å². The van der Waals surface area contributed by atoms with E-state index in [2.05, 4.69) is 54.7 Å². The number of rotatable bonds is 5. The first-order valence-electron chi connectivity index (χ1n) is 10.7. The lowest BCUT2D eigenvalue weighted by Gasteiger charge is -2.36. The Bertz CT molecular complexity index is 1140. The molecule has 3 aromatic rings. The van der Waals surface area contributed by atoms with E-state index < -0.39 is 0 Å². The van der Waals surface area contributed by atoms with Crippen molar-refractivity contribution in [1.29, 1.82) is 0 Å². The monoisotopic (exact) mass is 482 g/mol. The number of hydrogen-bond donors (Lipinski definition) is 2. The van der Waals surface area contributed by atoms with E-state index in [-0.39, 0.29) is 6.79 Å². The number of aromatic nitrogens is 2. The lowest BCUT2D eigenvalue weighted by Crippen LogP contribution is -2.46. The Morgan fingerprint density at radius 1 is 0.939 bits per heavy atom. The van der Waals surface area contributed by atoms with Crippen molar-refractivity contribution in [3.05, 3.63) is 65.3 Å². The van der Waals surface area contributed by atoms with E-state index in [0.29, 0.717) is 22.8 Å². The zero-order valence-electron chi connectivity index (χ0n) is 17.8. The molecule has 0 radical (unpaired) electrons. The van der Waals surface area contributed by atoms with E-state index in [1.165, 1.54) is 5.69 Å². The summed E-state index contributed by atoms with van der Waals surface area (Å²) in [4.78, 5) is 13.5.